The molecule has 1 N–H and O–H groups in total. The van der Waals surface area contributed by atoms with E-state index in [1.165, 1.54) is 17.4 Å². The molecule has 2 aromatic heterocycles. The van der Waals surface area contributed by atoms with Crippen LogP contribution in [0.5, 0.6) is 0 Å². The fourth-order valence-electron chi connectivity index (χ4n) is 2.27. The number of amides is 1. The third-order valence-corrected chi connectivity index (χ3v) is 4.52. The van der Waals surface area contributed by atoms with E-state index in [9.17, 15) is 13.6 Å². The Hall–Kier alpha value is -2.87. The standard InChI is InChI=1S/C18H16F2N4OS/c1-24(2)16-9-12(5-6-21-16)17(25)23-18-22-10-13(26-18)7-11-3-4-14(19)15(20)8-11/h3-6,8-10H,7H2,1-2H3,(H,22,23,25). The Morgan fingerprint density at radius 2 is 1.96 bits per heavy atom. The Kier molecular flexibility index (Phi) is 5.22. The molecule has 0 fully saturated rings. The first-order valence-corrected chi connectivity index (χ1v) is 8.57. The van der Waals surface area contributed by atoms with Crippen molar-refractivity contribution in [3.8, 4) is 0 Å². The molecule has 3 aromatic rings. The molecule has 3 rings (SSSR count). The number of nitrogens with zero attached hydrogens (tertiary/aromatic N) is 3. The van der Waals surface area contributed by atoms with Gasteiger partial charge in [-0.15, -0.1) is 11.3 Å². The number of carbonyl (C=O) groups excluding carboxylic acids is 1. The molecular weight excluding hydrogens is 358 g/mol. The molecule has 0 aliphatic carbocycles. The van der Waals surface area contributed by atoms with E-state index in [1.54, 1.807) is 29.4 Å². The smallest absolute Gasteiger partial charge is 0.257 e. The number of anilines is 2. The van der Waals surface area contributed by atoms with Gasteiger partial charge in [0.2, 0.25) is 0 Å². The van der Waals surface area contributed by atoms with Crippen LogP contribution < -0.4 is 10.2 Å². The molecule has 0 spiro atoms. The number of halogens is 2. The minimum absolute atomic E-state index is 0.288. The molecule has 2 heterocycles. The number of aromatic nitrogens is 2. The summed E-state index contributed by atoms with van der Waals surface area (Å²) in [6.07, 6.45) is 3.59. The van der Waals surface area contributed by atoms with E-state index >= 15 is 0 Å². The lowest BCUT2D eigenvalue weighted by Gasteiger charge is -2.11. The highest BCUT2D eigenvalue weighted by Gasteiger charge is 2.12. The zero-order valence-corrected chi connectivity index (χ0v) is 15.0. The summed E-state index contributed by atoms with van der Waals surface area (Å²) < 4.78 is 26.3. The number of hydrogen-bond acceptors (Lipinski definition) is 5. The Balaban J connectivity index is 1.69. The third kappa shape index (κ3) is 4.20. The van der Waals surface area contributed by atoms with Crippen molar-refractivity contribution in [1.29, 1.82) is 0 Å². The van der Waals surface area contributed by atoms with E-state index in [-0.39, 0.29) is 5.91 Å². The monoisotopic (exact) mass is 374 g/mol. The summed E-state index contributed by atoms with van der Waals surface area (Å²) in [5.74, 6) is -1.37. The SMILES string of the molecule is CN(C)c1cc(C(=O)Nc2ncc(Cc3ccc(F)c(F)c3)s2)ccn1. The Morgan fingerprint density at radius 1 is 1.15 bits per heavy atom. The van der Waals surface area contributed by atoms with Gasteiger partial charge in [0.1, 0.15) is 5.82 Å². The molecule has 0 saturated carbocycles. The molecule has 1 aromatic carbocycles. The van der Waals surface area contributed by atoms with Crippen LogP contribution in [-0.4, -0.2) is 30.0 Å². The molecule has 0 atom stereocenters. The van der Waals surface area contributed by atoms with E-state index in [4.69, 9.17) is 0 Å². The fourth-order valence-corrected chi connectivity index (χ4v) is 3.11. The van der Waals surface area contributed by atoms with Gasteiger partial charge in [-0.2, -0.15) is 0 Å². The number of benzene rings is 1. The van der Waals surface area contributed by atoms with Gasteiger partial charge in [0.05, 0.1) is 0 Å². The quantitative estimate of drug-likeness (QED) is 0.739. The van der Waals surface area contributed by atoms with Gasteiger partial charge < -0.3 is 4.90 Å². The van der Waals surface area contributed by atoms with Gasteiger partial charge >= 0.3 is 0 Å². The maximum Gasteiger partial charge on any atom is 0.257 e. The number of nitrogens with one attached hydrogen (secondary N) is 1. The second kappa shape index (κ2) is 7.57. The lowest BCUT2D eigenvalue weighted by atomic mass is 10.1. The number of rotatable bonds is 5. The molecule has 0 bridgehead atoms. The summed E-state index contributed by atoms with van der Waals surface area (Å²) in [6, 6.07) is 7.09. The summed E-state index contributed by atoms with van der Waals surface area (Å²) in [7, 11) is 3.69. The van der Waals surface area contributed by atoms with Crippen LogP contribution >= 0.6 is 11.3 Å². The van der Waals surface area contributed by atoms with Crippen molar-refractivity contribution < 1.29 is 13.6 Å². The topological polar surface area (TPSA) is 58.1 Å². The lowest BCUT2D eigenvalue weighted by molar-refractivity contribution is 0.102. The minimum Gasteiger partial charge on any atom is -0.363 e. The highest BCUT2D eigenvalue weighted by molar-refractivity contribution is 7.15. The van der Waals surface area contributed by atoms with Crippen LogP contribution in [0.3, 0.4) is 0 Å². The van der Waals surface area contributed by atoms with Gasteiger partial charge in [-0.25, -0.2) is 18.7 Å². The number of pyridine rings is 1. The average molecular weight is 374 g/mol. The molecule has 1 amide bonds. The Bertz CT molecular complexity index is 942. The first-order chi connectivity index (χ1) is 12.4. The van der Waals surface area contributed by atoms with Crippen LogP contribution in [-0.2, 0) is 6.42 Å². The zero-order chi connectivity index (χ0) is 18.7. The Labute approximate surface area is 153 Å². The summed E-state index contributed by atoms with van der Waals surface area (Å²) in [5, 5.41) is 3.18. The van der Waals surface area contributed by atoms with Gasteiger partial charge in [0, 0.05) is 43.4 Å². The van der Waals surface area contributed by atoms with Crippen LogP contribution in [0.15, 0.2) is 42.7 Å². The van der Waals surface area contributed by atoms with Crippen LogP contribution in [0.25, 0.3) is 0 Å². The first-order valence-electron chi connectivity index (χ1n) is 7.76. The molecule has 0 radical (unpaired) electrons. The maximum absolute atomic E-state index is 13.3. The molecule has 0 aliphatic heterocycles. The van der Waals surface area contributed by atoms with E-state index in [1.807, 2.05) is 14.1 Å². The highest BCUT2D eigenvalue weighted by Crippen LogP contribution is 2.23. The minimum atomic E-state index is -0.880. The molecule has 5 nitrogen and oxygen atoms in total. The van der Waals surface area contributed by atoms with Crippen molar-refractivity contribution in [3.05, 3.63) is 70.4 Å². The molecule has 0 saturated heterocycles. The number of thiazole rings is 1. The van der Waals surface area contributed by atoms with Gasteiger partial charge in [0.25, 0.3) is 5.91 Å². The zero-order valence-electron chi connectivity index (χ0n) is 14.2. The van der Waals surface area contributed by atoms with Crippen LogP contribution in [0.4, 0.5) is 19.7 Å². The molecular formula is C18H16F2N4OS. The lowest BCUT2D eigenvalue weighted by Crippen LogP contribution is -2.15. The van der Waals surface area contributed by atoms with Crippen LogP contribution in [0.2, 0.25) is 0 Å². The van der Waals surface area contributed by atoms with E-state index in [2.05, 4.69) is 15.3 Å². The second-order valence-electron chi connectivity index (χ2n) is 5.81. The van der Waals surface area contributed by atoms with Crippen molar-refractivity contribution in [2.45, 2.75) is 6.42 Å². The van der Waals surface area contributed by atoms with Gasteiger partial charge in [0.15, 0.2) is 16.8 Å². The summed E-state index contributed by atoms with van der Waals surface area (Å²) in [6.45, 7) is 0. The van der Waals surface area contributed by atoms with Gasteiger partial charge in [-0.05, 0) is 29.8 Å². The summed E-state index contributed by atoms with van der Waals surface area (Å²) in [4.78, 5) is 23.3. The molecule has 26 heavy (non-hydrogen) atoms. The van der Waals surface area contributed by atoms with Gasteiger partial charge in [-0.1, -0.05) is 6.07 Å². The average Bonchev–Trinajstić information content (AvgIpc) is 3.05. The predicted octanol–water partition coefficient (Wildman–Crippen LogP) is 3.73. The normalized spacial score (nSPS) is 10.6. The molecule has 0 unspecified atom stereocenters. The predicted molar refractivity (Wildman–Crippen MR) is 97.8 cm³/mol. The van der Waals surface area contributed by atoms with Crippen molar-refractivity contribution in [2.75, 3.05) is 24.3 Å². The first kappa shape index (κ1) is 17.9. The van der Waals surface area contributed by atoms with Gasteiger partial charge in [-0.3, -0.25) is 10.1 Å². The van der Waals surface area contributed by atoms with Crippen molar-refractivity contribution >= 4 is 28.2 Å². The Morgan fingerprint density at radius 3 is 2.69 bits per heavy atom. The van der Waals surface area contributed by atoms with Crippen LogP contribution in [0.1, 0.15) is 20.8 Å². The molecule has 0 aliphatic rings. The van der Waals surface area contributed by atoms with Crippen molar-refractivity contribution in [3.63, 3.8) is 0 Å². The second-order valence-corrected chi connectivity index (χ2v) is 6.92. The summed E-state index contributed by atoms with van der Waals surface area (Å²) >= 11 is 1.29. The largest absolute Gasteiger partial charge is 0.363 e. The molecule has 8 heteroatoms. The fraction of sp³-hybridized carbons (Fsp3) is 0.167. The number of carbonyl (C=O) groups is 1. The van der Waals surface area contributed by atoms with E-state index in [0.29, 0.717) is 28.5 Å². The summed E-state index contributed by atoms with van der Waals surface area (Å²) in [5.41, 5.74) is 1.11. The van der Waals surface area contributed by atoms with E-state index in [0.717, 1.165) is 17.0 Å². The maximum atomic E-state index is 13.3. The molecule has 134 valence electrons. The third-order valence-electron chi connectivity index (χ3n) is 3.60. The highest BCUT2D eigenvalue weighted by atomic mass is 32.1. The number of hydrogen-bond donors (Lipinski definition) is 1. The van der Waals surface area contributed by atoms with Crippen molar-refractivity contribution in [2.24, 2.45) is 0 Å². The van der Waals surface area contributed by atoms with E-state index < -0.39 is 11.6 Å². The van der Waals surface area contributed by atoms with Crippen molar-refractivity contribution in [1.82, 2.24) is 9.97 Å². The van der Waals surface area contributed by atoms with Crippen LogP contribution in [0, 0.1) is 11.6 Å².